The molecule has 0 atom stereocenters. The first kappa shape index (κ1) is 15.1. The van der Waals surface area contributed by atoms with Gasteiger partial charge in [0, 0.05) is 32.7 Å². The number of nitrogens with one attached hydrogen (secondary N) is 1. The van der Waals surface area contributed by atoms with Crippen LogP contribution >= 0.6 is 0 Å². The smallest absolute Gasteiger partial charge is 0.163 e. The molecule has 2 rings (SSSR count). The van der Waals surface area contributed by atoms with Crippen LogP contribution in [0.25, 0.3) is 0 Å². The molecule has 1 saturated heterocycles. The van der Waals surface area contributed by atoms with E-state index in [2.05, 4.69) is 30.1 Å². The number of aryl methyl sites for hydroxylation is 1. The molecule has 0 unspecified atom stereocenters. The van der Waals surface area contributed by atoms with Crippen LogP contribution in [-0.4, -0.2) is 51.8 Å². The molecular formula is C16H26N2O2. The van der Waals surface area contributed by atoms with Gasteiger partial charge in [-0.25, -0.2) is 0 Å². The zero-order valence-corrected chi connectivity index (χ0v) is 13.1. The first-order chi connectivity index (χ1) is 9.67. The van der Waals surface area contributed by atoms with E-state index in [1.165, 1.54) is 16.7 Å². The van der Waals surface area contributed by atoms with E-state index < -0.39 is 0 Å². The maximum absolute atomic E-state index is 5.51. The molecule has 0 radical (unpaired) electrons. The molecule has 1 heterocycles. The van der Waals surface area contributed by atoms with Gasteiger partial charge in [-0.05, 0) is 43.0 Å². The van der Waals surface area contributed by atoms with Crippen molar-refractivity contribution in [1.29, 1.82) is 0 Å². The lowest BCUT2D eigenvalue weighted by atomic mass is 9.98. The second kappa shape index (κ2) is 6.95. The lowest BCUT2D eigenvalue weighted by Crippen LogP contribution is -2.44. The average Bonchev–Trinajstić information content (AvgIpc) is 2.47. The highest BCUT2D eigenvalue weighted by molar-refractivity contribution is 5.53. The number of piperazine rings is 1. The van der Waals surface area contributed by atoms with Gasteiger partial charge in [0.05, 0.1) is 14.2 Å². The summed E-state index contributed by atoms with van der Waals surface area (Å²) in [7, 11) is 3.40. The summed E-state index contributed by atoms with van der Waals surface area (Å²) in [5.74, 6) is 1.70. The second-order valence-corrected chi connectivity index (χ2v) is 5.37. The monoisotopic (exact) mass is 278 g/mol. The van der Waals surface area contributed by atoms with Crippen molar-refractivity contribution in [2.24, 2.45) is 0 Å². The third-order valence-electron chi connectivity index (χ3n) is 4.15. The van der Waals surface area contributed by atoms with Gasteiger partial charge >= 0.3 is 0 Å². The molecule has 112 valence electrons. The number of benzene rings is 1. The van der Waals surface area contributed by atoms with E-state index in [-0.39, 0.29) is 0 Å². The molecule has 4 heteroatoms. The van der Waals surface area contributed by atoms with Crippen molar-refractivity contribution in [3.05, 3.63) is 22.8 Å². The fraction of sp³-hybridized carbons (Fsp3) is 0.625. The summed E-state index contributed by atoms with van der Waals surface area (Å²) in [6.45, 7) is 9.88. The Hall–Kier alpha value is -1.26. The van der Waals surface area contributed by atoms with Gasteiger partial charge in [-0.3, -0.25) is 0 Å². The zero-order valence-electron chi connectivity index (χ0n) is 13.1. The van der Waals surface area contributed by atoms with Crippen LogP contribution in [0.1, 0.15) is 16.7 Å². The Bertz CT molecular complexity index is 454. The number of rotatable bonds is 5. The summed E-state index contributed by atoms with van der Waals surface area (Å²) in [6, 6.07) is 2.08. The minimum absolute atomic E-state index is 0.827. The summed E-state index contributed by atoms with van der Waals surface area (Å²) < 4.78 is 10.9. The van der Waals surface area contributed by atoms with Crippen molar-refractivity contribution >= 4 is 0 Å². The highest BCUT2D eigenvalue weighted by Gasteiger charge is 2.16. The Morgan fingerprint density at radius 1 is 1.15 bits per heavy atom. The molecule has 1 aromatic rings. The molecule has 0 aliphatic carbocycles. The molecular weight excluding hydrogens is 252 g/mol. The number of methoxy groups -OCH3 is 2. The van der Waals surface area contributed by atoms with Crippen LogP contribution < -0.4 is 14.8 Å². The van der Waals surface area contributed by atoms with Gasteiger partial charge in [0.25, 0.3) is 0 Å². The van der Waals surface area contributed by atoms with Gasteiger partial charge in [0.15, 0.2) is 11.5 Å². The van der Waals surface area contributed by atoms with Crippen molar-refractivity contribution in [2.75, 3.05) is 46.9 Å². The van der Waals surface area contributed by atoms with Gasteiger partial charge in [-0.2, -0.15) is 0 Å². The molecule has 4 nitrogen and oxygen atoms in total. The summed E-state index contributed by atoms with van der Waals surface area (Å²) in [5, 5.41) is 3.39. The highest BCUT2D eigenvalue weighted by atomic mass is 16.5. The molecule has 1 aliphatic rings. The summed E-state index contributed by atoms with van der Waals surface area (Å²) in [6.07, 6.45) is 1.07. The topological polar surface area (TPSA) is 33.7 Å². The Balaban J connectivity index is 2.14. The van der Waals surface area contributed by atoms with Gasteiger partial charge in [-0.1, -0.05) is 0 Å². The van der Waals surface area contributed by atoms with Crippen LogP contribution in [0.15, 0.2) is 6.07 Å². The number of ether oxygens (including phenoxy) is 2. The van der Waals surface area contributed by atoms with Crippen LogP contribution in [0.3, 0.4) is 0 Å². The molecule has 0 aromatic heterocycles. The van der Waals surface area contributed by atoms with Crippen molar-refractivity contribution < 1.29 is 9.47 Å². The van der Waals surface area contributed by atoms with Crippen LogP contribution in [-0.2, 0) is 6.42 Å². The Labute approximate surface area is 122 Å². The highest BCUT2D eigenvalue weighted by Crippen LogP contribution is 2.35. The standard InChI is InChI=1S/C16H26N2O2/c1-12-11-15(19-3)16(20-4)13(2)14(12)5-8-18-9-6-17-7-10-18/h11,17H,5-10H2,1-4H3. The third-order valence-corrected chi connectivity index (χ3v) is 4.15. The Kier molecular flexibility index (Phi) is 5.26. The van der Waals surface area contributed by atoms with E-state index in [1.54, 1.807) is 14.2 Å². The molecule has 20 heavy (non-hydrogen) atoms. The first-order valence-corrected chi connectivity index (χ1v) is 7.31. The lowest BCUT2D eigenvalue weighted by molar-refractivity contribution is 0.243. The van der Waals surface area contributed by atoms with Crippen molar-refractivity contribution in [1.82, 2.24) is 10.2 Å². The molecule has 0 saturated carbocycles. The van der Waals surface area contributed by atoms with E-state index in [0.29, 0.717) is 0 Å². The van der Waals surface area contributed by atoms with E-state index in [0.717, 1.165) is 50.6 Å². The fourth-order valence-corrected chi connectivity index (χ4v) is 2.96. The van der Waals surface area contributed by atoms with Gasteiger partial charge in [0.2, 0.25) is 0 Å². The summed E-state index contributed by atoms with van der Waals surface area (Å²) >= 11 is 0. The third kappa shape index (κ3) is 3.25. The maximum atomic E-state index is 5.51. The Morgan fingerprint density at radius 3 is 2.45 bits per heavy atom. The summed E-state index contributed by atoms with van der Waals surface area (Å²) in [4.78, 5) is 2.52. The minimum Gasteiger partial charge on any atom is -0.493 e. The minimum atomic E-state index is 0.827. The van der Waals surface area contributed by atoms with Crippen LogP contribution in [0, 0.1) is 13.8 Å². The predicted molar refractivity (Wildman–Crippen MR) is 82.0 cm³/mol. The van der Waals surface area contributed by atoms with E-state index in [9.17, 15) is 0 Å². The van der Waals surface area contributed by atoms with Crippen molar-refractivity contribution in [3.8, 4) is 11.5 Å². The fourth-order valence-electron chi connectivity index (χ4n) is 2.96. The molecule has 1 N–H and O–H groups in total. The largest absolute Gasteiger partial charge is 0.493 e. The zero-order chi connectivity index (χ0) is 14.5. The van der Waals surface area contributed by atoms with E-state index in [1.807, 2.05) is 0 Å². The van der Waals surface area contributed by atoms with Crippen LogP contribution in [0.5, 0.6) is 11.5 Å². The van der Waals surface area contributed by atoms with E-state index >= 15 is 0 Å². The molecule has 1 aromatic carbocycles. The van der Waals surface area contributed by atoms with Crippen molar-refractivity contribution in [2.45, 2.75) is 20.3 Å². The van der Waals surface area contributed by atoms with Crippen LogP contribution in [0.4, 0.5) is 0 Å². The quantitative estimate of drug-likeness (QED) is 0.890. The SMILES string of the molecule is COc1cc(C)c(CCN2CCNCC2)c(C)c1OC. The van der Waals surface area contributed by atoms with Crippen LogP contribution in [0.2, 0.25) is 0 Å². The Morgan fingerprint density at radius 2 is 1.85 bits per heavy atom. The molecule has 0 amide bonds. The number of hydrogen-bond donors (Lipinski definition) is 1. The van der Waals surface area contributed by atoms with Crippen molar-refractivity contribution in [3.63, 3.8) is 0 Å². The normalized spacial score (nSPS) is 16.2. The maximum Gasteiger partial charge on any atom is 0.163 e. The molecule has 0 spiro atoms. The predicted octanol–water partition coefficient (Wildman–Crippen LogP) is 1.77. The first-order valence-electron chi connectivity index (χ1n) is 7.31. The molecule has 1 fully saturated rings. The van der Waals surface area contributed by atoms with E-state index in [4.69, 9.17) is 9.47 Å². The molecule has 0 bridgehead atoms. The van der Waals surface area contributed by atoms with Gasteiger partial charge in [0.1, 0.15) is 0 Å². The molecule has 1 aliphatic heterocycles. The van der Waals surface area contributed by atoms with Gasteiger partial charge in [-0.15, -0.1) is 0 Å². The lowest BCUT2D eigenvalue weighted by Gasteiger charge is -2.28. The number of hydrogen-bond acceptors (Lipinski definition) is 4. The average molecular weight is 278 g/mol. The van der Waals surface area contributed by atoms with Gasteiger partial charge < -0.3 is 19.7 Å². The number of nitrogens with zero attached hydrogens (tertiary/aromatic N) is 1. The summed E-state index contributed by atoms with van der Waals surface area (Å²) in [5.41, 5.74) is 3.89. The second-order valence-electron chi connectivity index (χ2n) is 5.37.